The average Bonchev–Trinajstić information content (AvgIpc) is 3.08. The maximum atomic E-state index is 12.7. The van der Waals surface area contributed by atoms with Crippen LogP contribution in [-0.2, 0) is 16.1 Å². The molecule has 3 aromatic carbocycles. The predicted molar refractivity (Wildman–Crippen MR) is 185 cm³/mol. The molecule has 0 radical (unpaired) electrons. The van der Waals surface area contributed by atoms with Crippen molar-refractivity contribution < 1.29 is 14.7 Å². The van der Waals surface area contributed by atoms with E-state index in [4.69, 9.17) is 4.98 Å². The van der Waals surface area contributed by atoms with E-state index in [9.17, 15) is 14.7 Å². The molecule has 0 spiro atoms. The summed E-state index contributed by atoms with van der Waals surface area (Å²) in [6, 6.07) is 35.5. The zero-order chi connectivity index (χ0) is 32.4. The molecule has 1 aliphatic heterocycles. The largest absolute Gasteiger partial charge is 0.481 e. The smallest absolute Gasteiger partial charge is 0.310 e. The zero-order valence-corrected chi connectivity index (χ0v) is 26.8. The van der Waals surface area contributed by atoms with Gasteiger partial charge in [0.1, 0.15) is 0 Å². The summed E-state index contributed by atoms with van der Waals surface area (Å²) in [6.45, 7) is 8.33. The van der Waals surface area contributed by atoms with Gasteiger partial charge in [0.15, 0.2) is 0 Å². The van der Waals surface area contributed by atoms with Crippen LogP contribution in [-0.4, -0.2) is 57.9 Å². The second kappa shape index (κ2) is 15.6. The monoisotopic (exact) mass is 616 g/mol. The third-order valence-corrected chi connectivity index (χ3v) is 9.14. The number of rotatable bonds is 13. The minimum Gasteiger partial charge on any atom is -0.481 e. The number of carbonyl (C=O) groups is 2. The fraction of sp³-hybridized carbons (Fsp3) is 0.308. The number of amides is 1. The number of carboxylic acids is 1. The summed E-state index contributed by atoms with van der Waals surface area (Å²) in [4.78, 5) is 34.5. The summed E-state index contributed by atoms with van der Waals surface area (Å²) in [5, 5.41) is 12.6. The first kappa shape index (κ1) is 32.8. The Morgan fingerprint density at radius 2 is 1.46 bits per heavy atom. The Bertz CT molecular complexity index is 1570. The first-order valence-corrected chi connectivity index (χ1v) is 16.2. The van der Waals surface area contributed by atoms with Crippen molar-refractivity contribution in [2.24, 2.45) is 5.41 Å². The molecule has 0 atom stereocenters. The van der Waals surface area contributed by atoms with Gasteiger partial charge in [-0.15, -0.1) is 0 Å². The molecule has 0 aliphatic carbocycles. The summed E-state index contributed by atoms with van der Waals surface area (Å²) in [7, 11) is 0. The summed E-state index contributed by atoms with van der Waals surface area (Å²) < 4.78 is 0. The van der Waals surface area contributed by atoms with Gasteiger partial charge in [-0.2, -0.15) is 0 Å². The van der Waals surface area contributed by atoms with Crippen molar-refractivity contribution in [3.8, 4) is 0 Å². The molecule has 2 N–H and O–H groups in total. The molecule has 0 saturated carbocycles. The Morgan fingerprint density at radius 3 is 2.07 bits per heavy atom. The van der Waals surface area contributed by atoms with E-state index in [2.05, 4.69) is 81.8 Å². The van der Waals surface area contributed by atoms with E-state index < -0.39 is 11.4 Å². The van der Waals surface area contributed by atoms with Gasteiger partial charge in [-0.05, 0) is 59.9 Å². The van der Waals surface area contributed by atoms with Crippen LogP contribution in [0.2, 0.25) is 0 Å². The number of hydrogen-bond donors (Lipinski definition) is 2. The highest BCUT2D eigenvalue weighted by Crippen LogP contribution is 2.32. The average molecular weight is 617 g/mol. The molecule has 238 valence electrons. The fourth-order valence-corrected chi connectivity index (χ4v) is 6.26. The molecule has 2 heterocycles. The summed E-state index contributed by atoms with van der Waals surface area (Å²) in [6.07, 6.45) is 4.71. The first-order chi connectivity index (χ1) is 22.4. The Balaban J connectivity index is 1.18. The van der Waals surface area contributed by atoms with E-state index in [1.54, 1.807) is 0 Å². The van der Waals surface area contributed by atoms with Gasteiger partial charge in [-0.25, -0.2) is 0 Å². The zero-order valence-electron chi connectivity index (χ0n) is 26.8. The molecule has 46 heavy (non-hydrogen) atoms. The summed E-state index contributed by atoms with van der Waals surface area (Å²) in [5.41, 5.74) is 5.07. The highest BCUT2D eigenvalue weighted by atomic mass is 16.4. The number of aliphatic carboxylic acids is 1. The Hall–Kier alpha value is -4.59. The quantitative estimate of drug-likeness (QED) is 0.163. The number of aromatic nitrogens is 1. The van der Waals surface area contributed by atoms with Gasteiger partial charge in [0.05, 0.1) is 22.8 Å². The van der Waals surface area contributed by atoms with Crippen molar-refractivity contribution in [1.82, 2.24) is 14.8 Å². The molecule has 1 aromatic heterocycles. The molecular formula is C39H44N4O3. The molecule has 1 saturated heterocycles. The molecule has 1 aliphatic rings. The number of hydrogen-bond acceptors (Lipinski definition) is 5. The van der Waals surface area contributed by atoms with Crippen LogP contribution in [0.1, 0.15) is 67.2 Å². The SMILES string of the molecule is CCC(CC)(CC(=O)Nc1cccc(/C=C/c2cccc(CN3CCN(C(c4ccccc4)c4ccccc4)CC3)n2)c1)C(=O)O. The lowest BCUT2D eigenvalue weighted by Crippen LogP contribution is -2.47. The van der Waals surface area contributed by atoms with Crippen LogP contribution < -0.4 is 5.32 Å². The summed E-state index contributed by atoms with van der Waals surface area (Å²) >= 11 is 0. The van der Waals surface area contributed by atoms with Crippen molar-refractivity contribution in [1.29, 1.82) is 0 Å². The van der Waals surface area contributed by atoms with Crippen molar-refractivity contribution in [3.63, 3.8) is 0 Å². The van der Waals surface area contributed by atoms with Gasteiger partial charge in [0, 0.05) is 44.8 Å². The number of carbonyl (C=O) groups excluding carboxylic acids is 1. The number of anilines is 1. The number of piperazine rings is 1. The molecular weight excluding hydrogens is 572 g/mol. The normalized spacial score (nSPS) is 14.5. The topological polar surface area (TPSA) is 85.8 Å². The van der Waals surface area contributed by atoms with Gasteiger partial charge < -0.3 is 10.4 Å². The number of benzene rings is 3. The van der Waals surface area contributed by atoms with Gasteiger partial charge in [0.25, 0.3) is 0 Å². The van der Waals surface area contributed by atoms with Gasteiger partial charge in [-0.3, -0.25) is 24.4 Å². The third-order valence-electron chi connectivity index (χ3n) is 9.14. The highest BCUT2D eigenvalue weighted by molar-refractivity contribution is 5.94. The fourth-order valence-electron chi connectivity index (χ4n) is 6.26. The van der Waals surface area contributed by atoms with E-state index in [-0.39, 0.29) is 18.4 Å². The van der Waals surface area contributed by atoms with Crippen molar-refractivity contribution in [2.75, 3.05) is 31.5 Å². The van der Waals surface area contributed by atoms with Crippen molar-refractivity contribution >= 4 is 29.7 Å². The predicted octanol–water partition coefficient (Wildman–Crippen LogP) is 7.38. The van der Waals surface area contributed by atoms with Crippen LogP contribution in [0.4, 0.5) is 5.69 Å². The van der Waals surface area contributed by atoms with Crippen LogP contribution in [0, 0.1) is 5.41 Å². The Kier molecular flexibility index (Phi) is 11.1. The minimum absolute atomic E-state index is 0.0538. The van der Waals surface area contributed by atoms with Gasteiger partial charge in [0.2, 0.25) is 5.91 Å². The van der Waals surface area contributed by atoms with E-state index in [1.807, 2.05) is 62.4 Å². The van der Waals surface area contributed by atoms with Crippen LogP contribution in [0.3, 0.4) is 0 Å². The lowest BCUT2D eigenvalue weighted by Gasteiger charge is -2.39. The third kappa shape index (κ3) is 8.36. The molecule has 0 bridgehead atoms. The van der Waals surface area contributed by atoms with E-state index >= 15 is 0 Å². The van der Waals surface area contributed by atoms with Crippen molar-refractivity contribution in [2.45, 2.75) is 45.7 Å². The summed E-state index contributed by atoms with van der Waals surface area (Å²) in [5.74, 6) is -1.22. The molecule has 0 unspecified atom stereocenters. The molecule has 1 fully saturated rings. The van der Waals surface area contributed by atoms with Crippen LogP contribution >= 0.6 is 0 Å². The first-order valence-electron chi connectivity index (χ1n) is 16.2. The molecule has 7 nitrogen and oxygen atoms in total. The van der Waals surface area contributed by atoms with E-state index in [1.165, 1.54) is 11.1 Å². The number of nitrogens with one attached hydrogen (secondary N) is 1. The number of carboxylic acid groups (broad SMARTS) is 1. The second-order valence-corrected chi connectivity index (χ2v) is 12.1. The lowest BCUT2D eigenvalue weighted by atomic mass is 9.79. The Morgan fingerprint density at radius 1 is 0.826 bits per heavy atom. The highest BCUT2D eigenvalue weighted by Gasteiger charge is 2.37. The molecule has 1 amide bonds. The second-order valence-electron chi connectivity index (χ2n) is 12.1. The van der Waals surface area contributed by atoms with Crippen LogP contribution in [0.5, 0.6) is 0 Å². The number of pyridine rings is 1. The standard InChI is InChI=1S/C39H44N4O3/c1-3-39(4-2,38(45)46)28-36(44)41-34-19-11-13-30(27-34)21-22-33-18-12-20-35(40-33)29-42-23-25-43(26-24-42)37(31-14-7-5-8-15-31)32-16-9-6-10-17-32/h5-22,27,37H,3-4,23-26,28-29H2,1-2H3,(H,41,44)(H,45,46)/b22-21+. The van der Waals surface area contributed by atoms with Gasteiger partial charge >= 0.3 is 5.97 Å². The molecule has 7 heteroatoms. The van der Waals surface area contributed by atoms with E-state index in [0.717, 1.165) is 49.7 Å². The maximum absolute atomic E-state index is 12.7. The van der Waals surface area contributed by atoms with Crippen LogP contribution in [0.25, 0.3) is 12.2 Å². The lowest BCUT2D eigenvalue weighted by molar-refractivity contribution is -0.151. The number of nitrogens with zero attached hydrogens (tertiary/aromatic N) is 3. The minimum atomic E-state index is -1.04. The molecule has 5 rings (SSSR count). The van der Waals surface area contributed by atoms with E-state index in [0.29, 0.717) is 18.5 Å². The Labute approximate surface area is 272 Å². The maximum Gasteiger partial charge on any atom is 0.310 e. The van der Waals surface area contributed by atoms with Crippen LogP contribution in [0.15, 0.2) is 103 Å². The van der Waals surface area contributed by atoms with Crippen molar-refractivity contribution in [3.05, 3.63) is 131 Å². The molecule has 4 aromatic rings. The van der Waals surface area contributed by atoms with Gasteiger partial charge in [-0.1, -0.05) is 98.8 Å².